The van der Waals surface area contributed by atoms with Crippen LogP contribution in [-0.4, -0.2) is 18.4 Å². The number of carbonyl (C=O) groups is 1. The summed E-state index contributed by atoms with van der Waals surface area (Å²) >= 11 is 0. The zero-order valence-electron chi connectivity index (χ0n) is 12.4. The molecule has 7 heteroatoms. The van der Waals surface area contributed by atoms with Gasteiger partial charge in [0.15, 0.2) is 0 Å². The second-order valence-electron chi connectivity index (χ2n) is 3.64. The van der Waals surface area contributed by atoms with Crippen molar-refractivity contribution in [3.05, 3.63) is 39.2 Å². The van der Waals surface area contributed by atoms with E-state index in [2.05, 4.69) is 26.9 Å². The van der Waals surface area contributed by atoms with Crippen LogP contribution < -0.4 is 0 Å². The van der Waals surface area contributed by atoms with Gasteiger partial charge in [-0.3, -0.25) is 0 Å². The quantitative estimate of drug-likeness (QED) is 0.198. The predicted octanol–water partition coefficient (Wildman–Crippen LogP) is 2.11. The molecular formula is C15H18FeO6-. The fourth-order valence-corrected chi connectivity index (χ4v) is 1.29. The summed E-state index contributed by atoms with van der Waals surface area (Å²) in [5, 5.41) is 0. The Labute approximate surface area is 143 Å². The van der Waals surface area contributed by atoms with Crippen molar-refractivity contribution >= 4 is 12.8 Å². The molecule has 0 aliphatic carbocycles. The van der Waals surface area contributed by atoms with E-state index in [4.69, 9.17) is 18.7 Å². The third kappa shape index (κ3) is 27.3. The van der Waals surface area contributed by atoms with Crippen LogP contribution in [0.25, 0.3) is 0 Å². The van der Waals surface area contributed by atoms with Crippen LogP contribution in [0.5, 0.6) is 0 Å². The molecule has 0 saturated heterocycles. The van der Waals surface area contributed by atoms with Crippen molar-refractivity contribution < 1.29 is 45.4 Å². The summed E-state index contributed by atoms with van der Waals surface area (Å²) in [5.41, 5.74) is -0.642. The zero-order chi connectivity index (χ0) is 17.6. The maximum Gasteiger partial charge on any atom is 0 e. The molecule has 0 aliphatic rings. The Morgan fingerprint density at radius 2 is 1.59 bits per heavy atom. The van der Waals surface area contributed by atoms with Crippen molar-refractivity contribution in [1.29, 1.82) is 0 Å². The van der Waals surface area contributed by atoms with Gasteiger partial charge in [-0.05, 0) is 26.2 Å². The van der Waals surface area contributed by atoms with Crippen LogP contribution in [0.15, 0.2) is 0 Å². The largest absolute Gasteiger partial charge is 0 e. The first-order valence-electron chi connectivity index (χ1n) is 5.81. The van der Waals surface area contributed by atoms with Crippen LogP contribution in [0.2, 0.25) is 0 Å². The minimum atomic E-state index is -0.642. The Bertz CT molecular complexity index is 273. The molecule has 6 nitrogen and oxygen atoms in total. The van der Waals surface area contributed by atoms with Gasteiger partial charge in [-0.1, -0.05) is 26.2 Å². The number of ether oxygens (including phenoxy) is 1. The summed E-state index contributed by atoms with van der Waals surface area (Å²) < 4.78 is 27.4. The minimum Gasteiger partial charge on any atom is 0 e. The molecule has 1 atom stereocenters. The van der Waals surface area contributed by atoms with Crippen molar-refractivity contribution in [3.8, 4) is 0 Å². The van der Waals surface area contributed by atoms with Gasteiger partial charge in [0.05, 0.1) is 5.60 Å². The third-order valence-electron chi connectivity index (χ3n) is 2.19. The summed E-state index contributed by atoms with van der Waals surface area (Å²) in [4.78, 5) is 20.3. The topological polar surface area (TPSA) is 103 Å². The number of carbonyl (C=O) groups excluding carboxylic acids is 2. The average Bonchev–Trinajstić information content (AvgIpc) is 2.54. The van der Waals surface area contributed by atoms with Crippen molar-refractivity contribution in [1.82, 2.24) is 0 Å². The van der Waals surface area contributed by atoms with Gasteiger partial charge in [0, 0.05) is 29.9 Å². The van der Waals surface area contributed by atoms with Crippen LogP contribution in [0.1, 0.15) is 39.5 Å². The van der Waals surface area contributed by atoms with Gasteiger partial charge < -0.3 is 14.3 Å². The minimum absolute atomic E-state index is 0. The predicted molar refractivity (Wildman–Crippen MR) is 70.1 cm³/mol. The molecule has 0 rings (SSSR count). The van der Waals surface area contributed by atoms with Crippen LogP contribution in [0.4, 0.5) is 0 Å². The van der Waals surface area contributed by atoms with E-state index >= 15 is 0 Å². The number of aldehydes is 1. The van der Waals surface area contributed by atoms with Gasteiger partial charge in [0.1, 0.15) is 6.29 Å². The molecule has 0 saturated carbocycles. The molecule has 3 radical (unpaired) electrons. The van der Waals surface area contributed by atoms with Crippen LogP contribution in [-0.2, 0) is 45.4 Å². The first kappa shape index (κ1) is 32.7. The van der Waals surface area contributed by atoms with Crippen LogP contribution in [0.3, 0.4) is 0 Å². The van der Waals surface area contributed by atoms with Crippen molar-refractivity contribution in [2.45, 2.75) is 45.1 Å². The molecule has 0 aromatic heterocycles. The van der Waals surface area contributed by atoms with Crippen LogP contribution in [0, 0.1) is 39.2 Å². The fraction of sp³-hybridized carbons (Fsp3) is 0.467. The van der Waals surface area contributed by atoms with Gasteiger partial charge in [-0.25, -0.2) is 0 Å². The van der Waals surface area contributed by atoms with E-state index in [-0.39, 0.29) is 17.1 Å². The number of hydrogen-bond acceptors (Lipinski definition) is 3. The summed E-state index contributed by atoms with van der Waals surface area (Å²) in [7, 11) is 0. The van der Waals surface area contributed by atoms with Gasteiger partial charge in [0.2, 0.25) is 0 Å². The zero-order valence-corrected chi connectivity index (χ0v) is 13.5. The monoisotopic (exact) mass is 350 g/mol. The second-order valence-corrected chi connectivity index (χ2v) is 3.64. The van der Waals surface area contributed by atoms with Crippen molar-refractivity contribution in [3.63, 3.8) is 0 Å². The van der Waals surface area contributed by atoms with Gasteiger partial charge >= 0.3 is 33.9 Å². The van der Waals surface area contributed by atoms with E-state index in [0.717, 1.165) is 25.7 Å². The second kappa shape index (κ2) is 32.0. The van der Waals surface area contributed by atoms with E-state index in [1.807, 2.05) is 6.92 Å². The molecule has 0 unspecified atom stereocenters. The third-order valence-corrected chi connectivity index (χ3v) is 2.19. The first-order valence-corrected chi connectivity index (χ1v) is 5.81. The molecule has 0 heterocycles. The Morgan fingerprint density at radius 3 is 1.95 bits per heavy atom. The van der Waals surface area contributed by atoms with E-state index in [0.29, 0.717) is 6.29 Å². The van der Waals surface area contributed by atoms with E-state index in [1.165, 1.54) is 12.9 Å². The SMILES string of the molecule is CCCCC[C@](C)([CH][CH][CH]C=O)O[C-]=O.[C-]#[O+].[C-]#[O+].[C-]#[O+].[Fe]. The summed E-state index contributed by atoms with van der Waals surface area (Å²) in [5.74, 6) is 0. The molecule has 0 aromatic rings. The van der Waals surface area contributed by atoms with E-state index in [1.54, 1.807) is 12.8 Å². The van der Waals surface area contributed by atoms with E-state index in [9.17, 15) is 9.59 Å². The first-order chi connectivity index (χ1) is 10.2. The van der Waals surface area contributed by atoms with Crippen LogP contribution >= 0.6 is 0 Å². The van der Waals surface area contributed by atoms with Gasteiger partial charge in [-0.2, -0.15) is 0 Å². The van der Waals surface area contributed by atoms with E-state index < -0.39 is 5.60 Å². The van der Waals surface area contributed by atoms with Crippen molar-refractivity contribution in [2.24, 2.45) is 0 Å². The normalized spacial score (nSPS) is 10.0. The summed E-state index contributed by atoms with van der Waals surface area (Å²) in [6, 6.07) is 0. The molecule has 0 bridgehead atoms. The number of hydrogen-bond donors (Lipinski definition) is 0. The van der Waals surface area contributed by atoms with Gasteiger partial charge in [-0.15, -0.1) is 0 Å². The Morgan fingerprint density at radius 1 is 1.09 bits per heavy atom. The molecule has 0 spiro atoms. The Hall–Kier alpha value is -1.12. The molecular weight excluding hydrogens is 332 g/mol. The Balaban J connectivity index is -0.000000122. The maximum atomic E-state index is 10.2. The average molecular weight is 350 g/mol. The summed E-state index contributed by atoms with van der Waals surface area (Å²) in [6.07, 6.45) is 9.31. The molecule has 0 fully saturated rings. The van der Waals surface area contributed by atoms with Gasteiger partial charge in [0.25, 0.3) is 0 Å². The fourth-order valence-electron chi connectivity index (χ4n) is 1.29. The molecule has 0 N–H and O–H groups in total. The molecule has 123 valence electrons. The molecule has 0 amide bonds. The number of unbranched alkanes of at least 4 members (excludes halogenated alkanes) is 3. The molecule has 0 aliphatic heterocycles. The standard InChI is InChI=1S/C12H18O3.3CO.Fe/c1-3-4-5-8-12(2,15-11-14)9-6-7-10-13;3*1-2;/h6-7,9-10H,3-5,8H2,1-2H3;;;;/q-1;;;;/t12-;;;;/m1..../s1. The smallest absolute Gasteiger partial charge is 0 e. The molecule has 0 aromatic carbocycles. The molecule has 22 heavy (non-hydrogen) atoms. The Kier molecular flexibility index (Phi) is 47.6. The summed E-state index contributed by atoms with van der Waals surface area (Å²) in [6.45, 7) is 18.9. The maximum absolute atomic E-state index is 10.2. The number of rotatable bonds is 10. The van der Waals surface area contributed by atoms with Crippen molar-refractivity contribution in [2.75, 3.05) is 0 Å².